The van der Waals surface area contributed by atoms with E-state index in [0.29, 0.717) is 12.0 Å². The van der Waals surface area contributed by atoms with Crippen LogP contribution in [-0.2, 0) is 6.42 Å². The standard InChI is InChI=1S/C9H9BrFNO2/c1-6(10)5-7-3-2-4-8(9(7)11)12(13)14/h2-4,6H,5H2,1H3. The highest BCUT2D eigenvalue weighted by Gasteiger charge is 2.17. The molecule has 1 atom stereocenters. The van der Waals surface area contributed by atoms with Crippen molar-refractivity contribution in [2.45, 2.75) is 18.2 Å². The summed E-state index contributed by atoms with van der Waals surface area (Å²) in [6, 6.07) is 4.21. The quantitative estimate of drug-likeness (QED) is 0.477. The molecule has 1 unspecified atom stereocenters. The Bertz CT molecular complexity index is 355. The molecule has 0 aliphatic rings. The van der Waals surface area contributed by atoms with E-state index in [-0.39, 0.29) is 4.83 Å². The second kappa shape index (κ2) is 4.50. The van der Waals surface area contributed by atoms with E-state index in [0.717, 1.165) is 6.07 Å². The number of halogens is 2. The zero-order chi connectivity index (χ0) is 10.7. The van der Waals surface area contributed by atoms with E-state index in [1.807, 2.05) is 6.92 Å². The van der Waals surface area contributed by atoms with Crippen LogP contribution in [0.15, 0.2) is 18.2 Å². The highest BCUT2D eigenvalue weighted by atomic mass is 79.9. The van der Waals surface area contributed by atoms with Crippen molar-refractivity contribution in [1.82, 2.24) is 0 Å². The molecule has 0 amide bonds. The molecule has 0 saturated heterocycles. The molecule has 0 N–H and O–H groups in total. The first-order valence-electron chi connectivity index (χ1n) is 4.08. The van der Waals surface area contributed by atoms with Gasteiger partial charge in [-0.05, 0) is 12.0 Å². The fraction of sp³-hybridized carbons (Fsp3) is 0.333. The lowest BCUT2D eigenvalue weighted by Gasteiger charge is -2.04. The first kappa shape index (κ1) is 11.1. The van der Waals surface area contributed by atoms with Crippen LogP contribution in [0.1, 0.15) is 12.5 Å². The van der Waals surface area contributed by atoms with Gasteiger partial charge in [-0.15, -0.1) is 0 Å². The van der Waals surface area contributed by atoms with E-state index in [2.05, 4.69) is 15.9 Å². The predicted octanol–water partition coefficient (Wildman–Crippen LogP) is 3.06. The summed E-state index contributed by atoms with van der Waals surface area (Å²) in [5.41, 5.74) is -0.0979. The molecule has 3 nitrogen and oxygen atoms in total. The van der Waals surface area contributed by atoms with Gasteiger partial charge >= 0.3 is 5.69 Å². The summed E-state index contributed by atoms with van der Waals surface area (Å²) >= 11 is 3.27. The molecule has 1 rings (SSSR count). The van der Waals surface area contributed by atoms with Crippen molar-refractivity contribution >= 4 is 21.6 Å². The van der Waals surface area contributed by atoms with Crippen LogP contribution in [0.5, 0.6) is 0 Å². The van der Waals surface area contributed by atoms with E-state index in [1.54, 1.807) is 6.07 Å². The van der Waals surface area contributed by atoms with E-state index >= 15 is 0 Å². The van der Waals surface area contributed by atoms with Gasteiger partial charge in [-0.1, -0.05) is 35.0 Å². The minimum atomic E-state index is -0.733. The van der Waals surface area contributed by atoms with Gasteiger partial charge in [0.2, 0.25) is 5.82 Å². The summed E-state index contributed by atoms with van der Waals surface area (Å²) in [7, 11) is 0. The van der Waals surface area contributed by atoms with E-state index in [1.165, 1.54) is 6.07 Å². The molecule has 0 bridgehead atoms. The van der Waals surface area contributed by atoms with E-state index in [9.17, 15) is 14.5 Å². The summed E-state index contributed by atoms with van der Waals surface area (Å²) in [6.45, 7) is 1.86. The Morgan fingerprint density at radius 2 is 2.29 bits per heavy atom. The average Bonchev–Trinajstić information content (AvgIpc) is 2.07. The van der Waals surface area contributed by atoms with Gasteiger partial charge < -0.3 is 0 Å². The molecule has 0 aromatic heterocycles. The van der Waals surface area contributed by atoms with Crippen LogP contribution in [-0.4, -0.2) is 9.75 Å². The number of hydrogen-bond donors (Lipinski definition) is 0. The Hall–Kier alpha value is -0.970. The maximum atomic E-state index is 13.4. The largest absolute Gasteiger partial charge is 0.305 e. The number of alkyl halides is 1. The van der Waals surface area contributed by atoms with E-state index in [4.69, 9.17) is 0 Å². The van der Waals surface area contributed by atoms with Crippen molar-refractivity contribution in [2.24, 2.45) is 0 Å². The van der Waals surface area contributed by atoms with Crippen LogP contribution in [0.2, 0.25) is 0 Å². The highest BCUT2D eigenvalue weighted by molar-refractivity contribution is 9.09. The van der Waals surface area contributed by atoms with Gasteiger partial charge in [0, 0.05) is 10.9 Å². The second-order valence-corrected chi connectivity index (χ2v) is 4.56. The minimum absolute atomic E-state index is 0.0963. The van der Waals surface area contributed by atoms with Crippen molar-refractivity contribution in [2.75, 3.05) is 0 Å². The molecule has 0 radical (unpaired) electrons. The zero-order valence-corrected chi connectivity index (χ0v) is 9.12. The van der Waals surface area contributed by atoms with Crippen LogP contribution < -0.4 is 0 Å². The van der Waals surface area contributed by atoms with Crippen LogP contribution in [0.4, 0.5) is 10.1 Å². The number of rotatable bonds is 3. The molecule has 0 heterocycles. The molecule has 5 heteroatoms. The van der Waals surface area contributed by atoms with Gasteiger partial charge in [-0.3, -0.25) is 10.1 Å². The van der Waals surface area contributed by atoms with Crippen LogP contribution in [0.25, 0.3) is 0 Å². The molecule has 0 aliphatic heterocycles. The van der Waals surface area contributed by atoms with Gasteiger partial charge in [-0.25, -0.2) is 0 Å². The third kappa shape index (κ3) is 2.51. The molecular formula is C9H9BrFNO2. The summed E-state index contributed by atoms with van der Waals surface area (Å²) in [5.74, 6) is -0.733. The van der Waals surface area contributed by atoms with Crippen molar-refractivity contribution in [3.8, 4) is 0 Å². The topological polar surface area (TPSA) is 43.1 Å². The molecule has 0 saturated carbocycles. The normalized spacial score (nSPS) is 12.5. The van der Waals surface area contributed by atoms with Crippen LogP contribution in [0.3, 0.4) is 0 Å². The lowest BCUT2D eigenvalue weighted by Crippen LogP contribution is -2.02. The van der Waals surface area contributed by atoms with Gasteiger partial charge in [0.1, 0.15) is 0 Å². The minimum Gasteiger partial charge on any atom is -0.258 e. The van der Waals surface area contributed by atoms with Crippen molar-refractivity contribution in [3.05, 3.63) is 39.7 Å². The van der Waals surface area contributed by atoms with Gasteiger partial charge in [-0.2, -0.15) is 4.39 Å². The predicted molar refractivity (Wildman–Crippen MR) is 55.1 cm³/mol. The van der Waals surface area contributed by atoms with Crippen LogP contribution >= 0.6 is 15.9 Å². The summed E-state index contributed by atoms with van der Waals surface area (Å²) in [6.07, 6.45) is 0.438. The summed E-state index contributed by atoms with van der Waals surface area (Å²) < 4.78 is 13.4. The smallest absolute Gasteiger partial charge is 0.258 e. The summed E-state index contributed by atoms with van der Waals surface area (Å²) in [4.78, 5) is 9.80. The monoisotopic (exact) mass is 261 g/mol. The molecule has 0 fully saturated rings. The van der Waals surface area contributed by atoms with Crippen molar-refractivity contribution in [3.63, 3.8) is 0 Å². The molecule has 0 spiro atoms. The lowest BCUT2D eigenvalue weighted by atomic mass is 10.1. The molecule has 1 aromatic rings. The van der Waals surface area contributed by atoms with Gasteiger partial charge in [0.05, 0.1) is 4.92 Å². The third-order valence-corrected chi connectivity index (χ3v) is 2.08. The maximum absolute atomic E-state index is 13.4. The lowest BCUT2D eigenvalue weighted by molar-refractivity contribution is -0.387. The van der Waals surface area contributed by atoms with Crippen molar-refractivity contribution in [1.29, 1.82) is 0 Å². The zero-order valence-electron chi connectivity index (χ0n) is 7.54. The molecular weight excluding hydrogens is 253 g/mol. The number of hydrogen-bond acceptors (Lipinski definition) is 2. The molecule has 0 aliphatic carbocycles. The summed E-state index contributed by atoms with van der Waals surface area (Å²) in [5, 5.41) is 10.4. The molecule has 76 valence electrons. The Morgan fingerprint density at radius 3 is 2.79 bits per heavy atom. The first-order valence-corrected chi connectivity index (χ1v) is 4.99. The Morgan fingerprint density at radius 1 is 1.64 bits per heavy atom. The Balaban J connectivity index is 3.07. The van der Waals surface area contributed by atoms with Crippen LogP contribution in [0, 0.1) is 15.9 Å². The fourth-order valence-corrected chi connectivity index (χ4v) is 1.52. The Kier molecular flexibility index (Phi) is 3.57. The fourth-order valence-electron chi connectivity index (χ4n) is 1.17. The maximum Gasteiger partial charge on any atom is 0.305 e. The van der Waals surface area contributed by atoms with E-state index < -0.39 is 16.4 Å². The first-order chi connectivity index (χ1) is 6.52. The third-order valence-electron chi connectivity index (χ3n) is 1.76. The Labute approximate surface area is 89.2 Å². The second-order valence-electron chi connectivity index (χ2n) is 2.99. The van der Waals surface area contributed by atoms with Gasteiger partial charge in [0.15, 0.2) is 0 Å². The number of nitrogens with zero attached hydrogens (tertiary/aromatic N) is 1. The SMILES string of the molecule is CC(Br)Cc1cccc([N+](=O)[O-])c1F. The van der Waals surface area contributed by atoms with Gasteiger partial charge in [0.25, 0.3) is 0 Å². The molecule has 14 heavy (non-hydrogen) atoms. The number of benzene rings is 1. The number of nitro groups is 1. The molecule has 1 aromatic carbocycles. The highest BCUT2D eigenvalue weighted by Crippen LogP contribution is 2.22. The average molecular weight is 262 g/mol. The van der Waals surface area contributed by atoms with Crippen molar-refractivity contribution < 1.29 is 9.31 Å². The number of nitro benzene ring substituents is 1.